The molecule has 1 heteroatoms. The molecule has 3 aromatic carbocycles. The van der Waals surface area contributed by atoms with Crippen LogP contribution in [0.1, 0.15) is 27.8 Å². The Morgan fingerprint density at radius 3 is 2.19 bits per heavy atom. The number of allylic oxidation sites excluding steroid dienone is 1. The van der Waals surface area contributed by atoms with Crippen LogP contribution in [0.25, 0.3) is 5.70 Å². The van der Waals surface area contributed by atoms with E-state index in [2.05, 4.69) is 92.1 Å². The molecular formula is C25H25N. The largest absolute Gasteiger partial charge is 0.359 e. The van der Waals surface area contributed by atoms with Gasteiger partial charge >= 0.3 is 0 Å². The zero-order valence-corrected chi connectivity index (χ0v) is 15.3. The van der Waals surface area contributed by atoms with E-state index in [0.29, 0.717) is 0 Å². The summed E-state index contributed by atoms with van der Waals surface area (Å²) >= 11 is 0. The highest BCUT2D eigenvalue weighted by Crippen LogP contribution is 2.17. The summed E-state index contributed by atoms with van der Waals surface area (Å²) in [5.41, 5.74) is 8.10. The van der Waals surface area contributed by atoms with Crippen molar-refractivity contribution < 1.29 is 0 Å². The topological polar surface area (TPSA) is 12.0 Å². The van der Waals surface area contributed by atoms with Gasteiger partial charge in [-0.3, -0.25) is 0 Å². The highest BCUT2D eigenvalue weighted by atomic mass is 14.9. The Kier molecular flexibility index (Phi) is 5.70. The number of hydrogen-bond donors (Lipinski definition) is 1. The molecule has 26 heavy (non-hydrogen) atoms. The third-order valence-electron chi connectivity index (χ3n) is 4.46. The maximum atomic E-state index is 4.19. The van der Waals surface area contributed by atoms with E-state index >= 15 is 0 Å². The van der Waals surface area contributed by atoms with E-state index in [1.54, 1.807) is 0 Å². The lowest BCUT2D eigenvalue weighted by Crippen LogP contribution is -2.12. The second-order valence-corrected chi connectivity index (χ2v) is 6.68. The van der Waals surface area contributed by atoms with Gasteiger partial charge < -0.3 is 5.32 Å². The van der Waals surface area contributed by atoms with Gasteiger partial charge in [-0.1, -0.05) is 92.0 Å². The van der Waals surface area contributed by atoms with Crippen molar-refractivity contribution in [2.24, 2.45) is 0 Å². The van der Waals surface area contributed by atoms with Gasteiger partial charge in [0.15, 0.2) is 0 Å². The van der Waals surface area contributed by atoms with E-state index in [1.807, 2.05) is 12.1 Å². The van der Waals surface area contributed by atoms with Crippen LogP contribution in [0.5, 0.6) is 0 Å². The highest BCUT2D eigenvalue weighted by Gasteiger charge is 2.05. The van der Waals surface area contributed by atoms with Crippen molar-refractivity contribution >= 4 is 5.70 Å². The van der Waals surface area contributed by atoms with Crippen LogP contribution in [0.2, 0.25) is 0 Å². The van der Waals surface area contributed by atoms with Crippen LogP contribution >= 0.6 is 0 Å². The zero-order chi connectivity index (χ0) is 18.4. The summed E-state index contributed by atoms with van der Waals surface area (Å²) in [7, 11) is 0. The van der Waals surface area contributed by atoms with Gasteiger partial charge in [0, 0.05) is 23.4 Å². The van der Waals surface area contributed by atoms with Crippen molar-refractivity contribution in [3.05, 3.63) is 126 Å². The van der Waals surface area contributed by atoms with Crippen molar-refractivity contribution in [1.82, 2.24) is 5.32 Å². The minimum Gasteiger partial charge on any atom is -0.359 e. The fraction of sp³-hybridized carbons (Fsp3) is 0.120. The third kappa shape index (κ3) is 4.73. The molecule has 0 unspecified atom stereocenters. The van der Waals surface area contributed by atoms with Crippen molar-refractivity contribution in [1.29, 1.82) is 0 Å². The molecular weight excluding hydrogens is 314 g/mol. The first kappa shape index (κ1) is 17.8. The lowest BCUT2D eigenvalue weighted by atomic mass is 10.0. The number of nitrogens with one attached hydrogen (secondary N) is 1. The molecule has 0 amide bonds. The van der Waals surface area contributed by atoms with Gasteiger partial charge in [0.1, 0.15) is 0 Å². The predicted octanol–water partition coefficient (Wildman–Crippen LogP) is 5.90. The molecule has 0 heterocycles. The fourth-order valence-corrected chi connectivity index (χ4v) is 3.16. The first-order valence-corrected chi connectivity index (χ1v) is 8.93. The average Bonchev–Trinajstić information content (AvgIpc) is 2.63. The Balaban J connectivity index is 1.63. The molecule has 0 radical (unpaired) electrons. The normalized spacial score (nSPS) is 10.3. The molecule has 0 atom stereocenters. The molecule has 0 aliphatic heterocycles. The minimum absolute atomic E-state index is 0.785. The summed E-state index contributed by atoms with van der Waals surface area (Å²) in [6.07, 6.45) is 1.73. The molecule has 0 spiro atoms. The molecule has 3 aromatic rings. The van der Waals surface area contributed by atoms with E-state index in [-0.39, 0.29) is 0 Å². The summed E-state index contributed by atoms with van der Waals surface area (Å²) < 4.78 is 0. The summed E-state index contributed by atoms with van der Waals surface area (Å²) in [6, 6.07) is 27.5. The molecule has 0 aromatic heterocycles. The van der Waals surface area contributed by atoms with Crippen LogP contribution in [0, 0.1) is 6.92 Å². The molecule has 0 saturated carbocycles. The number of aryl methyl sites for hydroxylation is 1. The Morgan fingerprint density at radius 2 is 1.42 bits per heavy atom. The molecule has 1 nitrogen and oxygen atoms in total. The second kappa shape index (κ2) is 8.35. The molecule has 0 saturated heterocycles. The average molecular weight is 339 g/mol. The van der Waals surface area contributed by atoms with Gasteiger partial charge in [-0.05, 0) is 35.6 Å². The Labute approximate surface area is 156 Å². The van der Waals surface area contributed by atoms with Gasteiger partial charge in [0.05, 0.1) is 0 Å². The van der Waals surface area contributed by atoms with Crippen LogP contribution in [-0.2, 0) is 12.8 Å². The lowest BCUT2D eigenvalue weighted by molar-refractivity contribution is 0.990. The Bertz CT molecular complexity index is 906. The second-order valence-electron chi connectivity index (χ2n) is 6.68. The minimum atomic E-state index is 0.785. The number of benzene rings is 3. The Morgan fingerprint density at radius 1 is 0.769 bits per heavy atom. The van der Waals surface area contributed by atoms with Crippen molar-refractivity contribution in [3.8, 4) is 0 Å². The van der Waals surface area contributed by atoms with Crippen LogP contribution in [0.3, 0.4) is 0 Å². The van der Waals surface area contributed by atoms with Crippen LogP contribution in [0.4, 0.5) is 0 Å². The monoisotopic (exact) mass is 339 g/mol. The van der Waals surface area contributed by atoms with Gasteiger partial charge in [-0.2, -0.15) is 0 Å². The summed E-state index contributed by atoms with van der Waals surface area (Å²) in [6.45, 7) is 10.5. The van der Waals surface area contributed by atoms with E-state index < -0.39 is 0 Å². The maximum absolute atomic E-state index is 4.19. The maximum Gasteiger partial charge on any atom is 0.0385 e. The van der Waals surface area contributed by atoms with E-state index in [1.165, 1.54) is 22.3 Å². The standard InChI is InChI=1S/C25H25N/c1-19-10-7-8-15-25(19)21(3)26-20(2)16-23-13-9-14-24(18-23)17-22-11-5-4-6-12-22/h4-15,18,26H,2-3,16-17H2,1H3. The highest BCUT2D eigenvalue weighted by molar-refractivity contribution is 5.65. The summed E-state index contributed by atoms with van der Waals surface area (Å²) in [5.74, 6) is 0. The lowest BCUT2D eigenvalue weighted by Gasteiger charge is -2.15. The van der Waals surface area contributed by atoms with Crippen LogP contribution < -0.4 is 5.32 Å². The Hall–Kier alpha value is -3.06. The fourth-order valence-electron chi connectivity index (χ4n) is 3.16. The predicted molar refractivity (Wildman–Crippen MR) is 112 cm³/mol. The van der Waals surface area contributed by atoms with Crippen molar-refractivity contribution in [2.75, 3.05) is 0 Å². The van der Waals surface area contributed by atoms with E-state index in [9.17, 15) is 0 Å². The summed E-state index contributed by atoms with van der Waals surface area (Å²) in [4.78, 5) is 0. The zero-order valence-electron chi connectivity index (χ0n) is 15.3. The molecule has 0 bridgehead atoms. The molecule has 0 aliphatic carbocycles. The van der Waals surface area contributed by atoms with Crippen LogP contribution in [0.15, 0.2) is 97.7 Å². The third-order valence-corrected chi connectivity index (χ3v) is 4.46. The SMILES string of the molecule is C=C(Cc1cccc(Cc2ccccc2)c1)NC(=C)c1ccccc1C. The number of rotatable bonds is 7. The smallest absolute Gasteiger partial charge is 0.0385 e. The summed E-state index contributed by atoms with van der Waals surface area (Å²) in [5, 5.41) is 3.37. The number of hydrogen-bond acceptors (Lipinski definition) is 1. The van der Waals surface area contributed by atoms with Gasteiger partial charge in [-0.25, -0.2) is 0 Å². The van der Waals surface area contributed by atoms with Crippen LogP contribution in [-0.4, -0.2) is 0 Å². The molecule has 0 aliphatic rings. The van der Waals surface area contributed by atoms with Crippen molar-refractivity contribution in [2.45, 2.75) is 19.8 Å². The molecule has 1 N–H and O–H groups in total. The van der Waals surface area contributed by atoms with Gasteiger partial charge in [0.2, 0.25) is 0 Å². The quantitative estimate of drug-likeness (QED) is 0.565. The van der Waals surface area contributed by atoms with Gasteiger partial charge in [0.25, 0.3) is 0 Å². The van der Waals surface area contributed by atoms with Gasteiger partial charge in [-0.15, -0.1) is 0 Å². The van der Waals surface area contributed by atoms with E-state index in [0.717, 1.165) is 29.8 Å². The van der Waals surface area contributed by atoms with E-state index in [4.69, 9.17) is 0 Å². The molecule has 130 valence electrons. The first-order valence-electron chi connectivity index (χ1n) is 8.93. The first-order chi connectivity index (χ1) is 12.6. The van der Waals surface area contributed by atoms with Crippen molar-refractivity contribution in [3.63, 3.8) is 0 Å². The molecule has 3 rings (SSSR count). The molecule has 0 fully saturated rings.